The molecule has 104 valence electrons. The van der Waals surface area contributed by atoms with E-state index in [1.54, 1.807) is 31.4 Å². The predicted octanol–water partition coefficient (Wildman–Crippen LogP) is 3.27. The molecular weight excluding hydrogens is 274 g/mol. The van der Waals surface area contributed by atoms with E-state index >= 15 is 0 Å². The summed E-state index contributed by atoms with van der Waals surface area (Å²) in [4.78, 5) is 16.4. The molecule has 5 heteroatoms. The van der Waals surface area contributed by atoms with Gasteiger partial charge in [0.15, 0.2) is 0 Å². The molecule has 0 aliphatic heterocycles. The maximum absolute atomic E-state index is 12.3. The van der Waals surface area contributed by atoms with Crippen LogP contribution in [0.2, 0.25) is 5.02 Å². The number of nitrogens with zero attached hydrogens (tertiary/aromatic N) is 1. The summed E-state index contributed by atoms with van der Waals surface area (Å²) < 4.78 is 0. The number of pyridine rings is 1. The van der Waals surface area contributed by atoms with Crippen LogP contribution in [0.5, 0.6) is 0 Å². The van der Waals surface area contributed by atoms with Crippen LogP contribution in [-0.2, 0) is 0 Å². The average Bonchev–Trinajstić information content (AvgIpc) is 2.47. The van der Waals surface area contributed by atoms with Crippen molar-refractivity contribution in [3.63, 3.8) is 0 Å². The number of anilines is 1. The minimum absolute atomic E-state index is 0.133. The largest absolute Gasteiger partial charge is 0.372 e. The lowest BCUT2D eigenvalue weighted by atomic mass is 10.1. The number of amides is 1. The van der Waals surface area contributed by atoms with Crippen molar-refractivity contribution in [1.82, 2.24) is 10.3 Å². The first kappa shape index (κ1) is 14.3. The predicted molar refractivity (Wildman–Crippen MR) is 81.1 cm³/mol. The van der Waals surface area contributed by atoms with Crippen molar-refractivity contribution in [2.75, 3.05) is 12.4 Å². The van der Waals surface area contributed by atoms with Crippen LogP contribution in [0.4, 0.5) is 5.82 Å². The molecule has 1 atom stereocenters. The van der Waals surface area contributed by atoms with Crippen molar-refractivity contribution in [2.45, 2.75) is 13.0 Å². The monoisotopic (exact) mass is 289 g/mol. The molecule has 0 radical (unpaired) electrons. The lowest BCUT2D eigenvalue weighted by Gasteiger charge is -2.15. The van der Waals surface area contributed by atoms with Gasteiger partial charge in [0, 0.05) is 18.3 Å². The average molecular weight is 290 g/mol. The number of nitrogens with one attached hydrogen (secondary N) is 2. The standard InChI is InChI=1S/C15H16ClN3O/c1-10(11-5-3-6-12(16)9-11)19-15(20)13-7-4-8-18-14(13)17-2/h3-10H,1-2H3,(H,17,18)(H,19,20). The quantitative estimate of drug-likeness (QED) is 0.908. The zero-order chi connectivity index (χ0) is 14.5. The number of rotatable bonds is 4. The van der Waals surface area contributed by atoms with Gasteiger partial charge in [-0.1, -0.05) is 23.7 Å². The third kappa shape index (κ3) is 3.27. The third-order valence-electron chi connectivity index (χ3n) is 2.99. The Bertz CT molecular complexity index is 616. The minimum atomic E-state index is -0.171. The Kier molecular flexibility index (Phi) is 4.58. The molecular formula is C15H16ClN3O. The second-order valence-electron chi connectivity index (χ2n) is 4.40. The molecule has 0 saturated carbocycles. The van der Waals surface area contributed by atoms with Crippen molar-refractivity contribution in [3.8, 4) is 0 Å². The molecule has 2 rings (SSSR count). The van der Waals surface area contributed by atoms with E-state index in [9.17, 15) is 4.79 Å². The summed E-state index contributed by atoms with van der Waals surface area (Å²) in [6.07, 6.45) is 1.64. The van der Waals surface area contributed by atoms with Gasteiger partial charge in [-0.05, 0) is 36.8 Å². The highest BCUT2D eigenvalue weighted by Crippen LogP contribution is 2.18. The highest BCUT2D eigenvalue weighted by Gasteiger charge is 2.14. The number of halogens is 1. The number of hydrogen-bond acceptors (Lipinski definition) is 3. The molecule has 0 aliphatic carbocycles. The Labute approximate surface area is 123 Å². The molecule has 20 heavy (non-hydrogen) atoms. The molecule has 0 spiro atoms. The zero-order valence-electron chi connectivity index (χ0n) is 11.4. The maximum atomic E-state index is 12.3. The fraction of sp³-hybridized carbons (Fsp3) is 0.200. The molecule has 4 nitrogen and oxygen atoms in total. The molecule has 1 unspecified atom stereocenters. The van der Waals surface area contributed by atoms with Gasteiger partial charge in [-0.3, -0.25) is 4.79 Å². The molecule has 2 N–H and O–H groups in total. The first-order valence-electron chi connectivity index (χ1n) is 6.31. The van der Waals surface area contributed by atoms with Crippen LogP contribution in [0, 0.1) is 0 Å². The van der Waals surface area contributed by atoms with E-state index in [2.05, 4.69) is 15.6 Å². The molecule has 0 saturated heterocycles. The highest BCUT2D eigenvalue weighted by molar-refractivity contribution is 6.30. The Morgan fingerprint density at radius 2 is 2.10 bits per heavy atom. The van der Waals surface area contributed by atoms with Gasteiger partial charge in [-0.2, -0.15) is 0 Å². The van der Waals surface area contributed by atoms with Gasteiger partial charge < -0.3 is 10.6 Å². The molecule has 1 aromatic heterocycles. The number of aromatic nitrogens is 1. The molecule has 0 fully saturated rings. The Morgan fingerprint density at radius 1 is 1.30 bits per heavy atom. The van der Waals surface area contributed by atoms with Crippen molar-refractivity contribution < 1.29 is 4.79 Å². The summed E-state index contributed by atoms with van der Waals surface area (Å²) in [7, 11) is 1.74. The van der Waals surface area contributed by atoms with E-state index in [0.717, 1.165) is 5.56 Å². The Balaban J connectivity index is 2.15. The van der Waals surface area contributed by atoms with Crippen LogP contribution < -0.4 is 10.6 Å². The molecule has 0 aliphatic rings. The molecule has 2 aromatic rings. The van der Waals surface area contributed by atoms with Crippen LogP contribution in [0.15, 0.2) is 42.6 Å². The van der Waals surface area contributed by atoms with Crippen molar-refractivity contribution in [1.29, 1.82) is 0 Å². The normalized spacial score (nSPS) is 11.8. The van der Waals surface area contributed by atoms with Gasteiger partial charge in [0.1, 0.15) is 5.82 Å². The van der Waals surface area contributed by atoms with Crippen LogP contribution in [0.25, 0.3) is 0 Å². The van der Waals surface area contributed by atoms with E-state index in [1.807, 2.05) is 25.1 Å². The number of carbonyl (C=O) groups is 1. The Hall–Kier alpha value is -2.07. The van der Waals surface area contributed by atoms with E-state index in [-0.39, 0.29) is 11.9 Å². The fourth-order valence-electron chi connectivity index (χ4n) is 1.92. The Morgan fingerprint density at radius 3 is 2.80 bits per heavy atom. The topological polar surface area (TPSA) is 54.0 Å². The second-order valence-corrected chi connectivity index (χ2v) is 4.84. The first-order valence-corrected chi connectivity index (χ1v) is 6.68. The summed E-state index contributed by atoms with van der Waals surface area (Å²) in [6.45, 7) is 1.92. The van der Waals surface area contributed by atoms with E-state index < -0.39 is 0 Å². The van der Waals surface area contributed by atoms with Gasteiger partial charge in [0.2, 0.25) is 0 Å². The maximum Gasteiger partial charge on any atom is 0.255 e. The van der Waals surface area contributed by atoms with Gasteiger partial charge in [-0.25, -0.2) is 4.98 Å². The van der Waals surface area contributed by atoms with Gasteiger partial charge in [0.05, 0.1) is 11.6 Å². The highest BCUT2D eigenvalue weighted by atomic mass is 35.5. The van der Waals surface area contributed by atoms with Crippen molar-refractivity contribution in [2.24, 2.45) is 0 Å². The van der Waals surface area contributed by atoms with E-state index in [0.29, 0.717) is 16.4 Å². The lowest BCUT2D eigenvalue weighted by molar-refractivity contribution is 0.0940. The number of hydrogen-bond donors (Lipinski definition) is 2. The van der Waals surface area contributed by atoms with Gasteiger partial charge >= 0.3 is 0 Å². The van der Waals surface area contributed by atoms with Crippen LogP contribution in [0.3, 0.4) is 0 Å². The van der Waals surface area contributed by atoms with Crippen LogP contribution >= 0.6 is 11.6 Å². The molecule has 1 heterocycles. The van der Waals surface area contributed by atoms with Crippen molar-refractivity contribution in [3.05, 3.63) is 58.7 Å². The van der Waals surface area contributed by atoms with Crippen molar-refractivity contribution >= 4 is 23.3 Å². The summed E-state index contributed by atoms with van der Waals surface area (Å²) in [6, 6.07) is 10.8. The van der Waals surface area contributed by atoms with E-state index in [1.165, 1.54) is 0 Å². The van der Waals surface area contributed by atoms with Crippen LogP contribution in [-0.4, -0.2) is 17.9 Å². The summed E-state index contributed by atoms with van der Waals surface area (Å²) in [5.74, 6) is 0.387. The molecule has 1 aromatic carbocycles. The van der Waals surface area contributed by atoms with Crippen LogP contribution in [0.1, 0.15) is 28.9 Å². The summed E-state index contributed by atoms with van der Waals surface area (Å²) in [5, 5.41) is 6.50. The van der Waals surface area contributed by atoms with E-state index in [4.69, 9.17) is 11.6 Å². The van der Waals surface area contributed by atoms with Gasteiger partial charge in [-0.15, -0.1) is 0 Å². The summed E-state index contributed by atoms with van der Waals surface area (Å²) >= 11 is 5.96. The summed E-state index contributed by atoms with van der Waals surface area (Å²) in [5.41, 5.74) is 1.48. The number of benzene rings is 1. The van der Waals surface area contributed by atoms with Gasteiger partial charge in [0.25, 0.3) is 5.91 Å². The SMILES string of the molecule is CNc1ncccc1C(=O)NC(C)c1cccc(Cl)c1. The first-order chi connectivity index (χ1) is 9.61. The third-order valence-corrected chi connectivity index (χ3v) is 3.22. The molecule has 1 amide bonds. The molecule has 0 bridgehead atoms. The zero-order valence-corrected chi connectivity index (χ0v) is 12.1. The fourth-order valence-corrected chi connectivity index (χ4v) is 2.12. The second kappa shape index (κ2) is 6.39. The smallest absolute Gasteiger partial charge is 0.255 e. The minimum Gasteiger partial charge on any atom is -0.372 e. The number of carbonyl (C=O) groups excluding carboxylic acids is 1. The lowest BCUT2D eigenvalue weighted by Crippen LogP contribution is -2.27.